The third-order valence-corrected chi connectivity index (χ3v) is 13.6. The topological polar surface area (TPSA) is 309 Å². The molecule has 0 aliphatic rings. The van der Waals surface area contributed by atoms with E-state index in [4.69, 9.17) is 67.1 Å². The zero-order chi connectivity index (χ0) is 62.9. The summed E-state index contributed by atoms with van der Waals surface area (Å²) in [5, 5.41) is 50.5. The van der Waals surface area contributed by atoms with Crippen LogP contribution < -0.4 is 56.8 Å². The number of aromatic nitrogens is 6. The third kappa shape index (κ3) is 13.3. The zero-order valence-electron chi connectivity index (χ0n) is 49.9. The van der Waals surface area contributed by atoms with Crippen molar-refractivity contribution in [3.05, 3.63) is 129 Å². The number of ketones is 3. The van der Waals surface area contributed by atoms with Crippen LogP contribution in [0.15, 0.2) is 78.9 Å². The van der Waals surface area contributed by atoms with E-state index < -0.39 is 0 Å². The van der Waals surface area contributed by atoms with Crippen LogP contribution in [-0.4, -0.2) is 168 Å². The first kappa shape index (κ1) is 64.1. The molecule has 0 atom stereocenters. The number of aliphatic hydroxyl groups is 3. The number of hydrogen-bond donors (Lipinski definition) is 6. The number of aryl methyl sites for hydroxylation is 1. The van der Waals surface area contributed by atoms with E-state index in [1.807, 2.05) is 0 Å². The van der Waals surface area contributed by atoms with Crippen LogP contribution in [0.4, 0.5) is 0 Å². The molecule has 0 spiro atoms. The molecule has 24 heteroatoms. The number of aliphatic hydroxyl groups excluding tert-OH is 3. The van der Waals surface area contributed by atoms with E-state index in [1.54, 1.807) is 99.2 Å². The van der Waals surface area contributed by atoms with Crippen molar-refractivity contribution in [3.8, 4) is 80.8 Å². The number of methoxy groups -OCH3 is 12. The summed E-state index contributed by atoms with van der Waals surface area (Å²) in [5.41, 5.74) is 5.69. The van der Waals surface area contributed by atoms with Crippen molar-refractivity contribution in [2.75, 3.05) is 105 Å². The Balaban J connectivity index is 0.000000186. The van der Waals surface area contributed by atoms with E-state index in [0.717, 1.165) is 5.56 Å². The van der Waals surface area contributed by atoms with Crippen molar-refractivity contribution >= 4 is 56.1 Å². The molecule has 456 valence electrons. The number of rotatable bonds is 23. The standard InChI is InChI=1S/C21H24N2O6.C21H22N2O6.C21H20N2O6/c3*1-26-15-8-7-14-18(13(15)6-5-9-24)22-23-19(14)20(25)12-10-16(27-2)21(29-4)17(11-12)28-3/h7-8,10-11,24H,5-6,9H2,1-4H3,(H,22,23);5-8,10-11,24H,9H2,1-4H3,(H,22,23);7-8,10-11,24H,9H2,1-4H3,(H,22,23)/b;6-5+;. The first-order valence-electron chi connectivity index (χ1n) is 26.4. The number of H-pyrrole nitrogens is 3. The molecule has 0 saturated carbocycles. The summed E-state index contributed by atoms with van der Waals surface area (Å²) in [6, 6.07) is 20.1. The number of carbonyl (C=O) groups excluding carboxylic acids is 3. The minimum absolute atomic E-state index is 0.0567. The maximum atomic E-state index is 13.2. The van der Waals surface area contributed by atoms with E-state index >= 15 is 0 Å². The van der Waals surface area contributed by atoms with Gasteiger partial charge in [-0.1, -0.05) is 24.0 Å². The van der Waals surface area contributed by atoms with Gasteiger partial charge in [-0.05, 0) is 85.6 Å². The Morgan fingerprint density at radius 2 is 0.805 bits per heavy atom. The minimum atomic E-state index is -0.307. The number of ether oxygens (including phenoxy) is 12. The largest absolute Gasteiger partial charge is 0.496 e. The van der Waals surface area contributed by atoms with Gasteiger partial charge < -0.3 is 72.2 Å². The summed E-state index contributed by atoms with van der Waals surface area (Å²) in [6.45, 7) is -0.371. The molecule has 3 aromatic heterocycles. The van der Waals surface area contributed by atoms with Crippen LogP contribution in [0.2, 0.25) is 0 Å². The fourth-order valence-corrected chi connectivity index (χ4v) is 9.47. The van der Waals surface area contributed by atoms with Gasteiger partial charge >= 0.3 is 0 Å². The molecule has 0 radical (unpaired) electrons. The van der Waals surface area contributed by atoms with Gasteiger partial charge in [-0.2, -0.15) is 15.3 Å². The summed E-state index contributed by atoms with van der Waals surface area (Å²) in [5.74, 6) is 9.82. The lowest BCUT2D eigenvalue weighted by molar-refractivity contribution is 0.102. The molecule has 6 N–H and O–H groups in total. The predicted molar refractivity (Wildman–Crippen MR) is 322 cm³/mol. The molecular weight excluding hydrogens is 1130 g/mol. The molecule has 87 heavy (non-hydrogen) atoms. The number of benzene rings is 6. The van der Waals surface area contributed by atoms with Crippen molar-refractivity contribution in [1.82, 2.24) is 30.6 Å². The smallest absolute Gasteiger partial charge is 0.211 e. The van der Waals surface area contributed by atoms with Gasteiger partial charge in [0.25, 0.3) is 0 Å². The molecular formula is C63H66N6O18. The molecule has 9 aromatic rings. The minimum Gasteiger partial charge on any atom is -0.496 e. The van der Waals surface area contributed by atoms with Gasteiger partial charge in [-0.3, -0.25) is 29.7 Å². The maximum absolute atomic E-state index is 13.2. The van der Waals surface area contributed by atoms with Gasteiger partial charge in [0.05, 0.1) is 103 Å². The highest BCUT2D eigenvalue weighted by molar-refractivity contribution is 6.18. The van der Waals surface area contributed by atoms with Crippen LogP contribution in [0.5, 0.6) is 69.0 Å². The molecule has 0 amide bonds. The molecule has 6 aromatic carbocycles. The van der Waals surface area contributed by atoms with Crippen LogP contribution in [-0.2, 0) is 6.42 Å². The summed E-state index contributed by atoms with van der Waals surface area (Å²) in [6.07, 6.45) is 4.43. The molecule has 0 aliphatic heterocycles. The number of nitrogens with zero attached hydrogens (tertiary/aromatic N) is 3. The molecule has 24 nitrogen and oxygen atoms in total. The van der Waals surface area contributed by atoms with Gasteiger partial charge in [0.1, 0.15) is 52.0 Å². The Bertz CT molecular complexity index is 3960. The SMILES string of the molecule is COc1cc(C(=O)c2[nH]nc3c(/C=C/CO)c(OC)ccc23)cc(OC)c1OC.COc1cc(C(=O)c2[nH]nc3c(C#CCO)c(OC)ccc23)cc(OC)c1OC.COc1cc(C(=O)c2[nH]nc3c(CCCO)c(OC)ccc23)cc(OC)c1OC. The van der Waals surface area contributed by atoms with Crippen molar-refractivity contribution in [3.63, 3.8) is 0 Å². The van der Waals surface area contributed by atoms with Crippen molar-refractivity contribution in [2.24, 2.45) is 0 Å². The molecule has 3 heterocycles. The van der Waals surface area contributed by atoms with Crippen LogP contribution in [0.25, 0.3) is 38.8 Å². The van der Waals surface area contributed by atoms with E-state index in [2.05, 4.69) is 42.4 Å². The number of nitrogens with one attached hydrogen (secondary N) is 3. The normalized spacial score (nSPS) is 10.7. The monoisotopic (exact) mass is 1190 g/mol. The average Bonchev–Trinajstić information content (AvgIpc) is 1.85. The lowest BCUT2D eigenvalue weighted by Crippen LogP contribution is -2.05. The zero-order valence-corrected chi connectivity index (χ0v) is 49.9. The highest BCUT2D eigenvalue weighted by Crippen LogP contribution is 2.42. The Morgan fingerprint density at radius 1 is 0.448 bits per heavy atom. The van der Waals surface area contributed by atoms with Gasteiger partial charge in [0.15, 0.2) is 34.5 Å². The number of aromatic amines is 3. The second-order valence-electron chi connectivity index (χ2n) is 18.2. The molecule has 0 saturated heterocycles. The summed E-state index contributed by atoms with van der Waals surface area (Å²) in [7, 11) is 18.1. The maximum Gasteiger partial charge on any atom is 0.211 e. The Hall–Kier alpha value is -10.5. The first-order chi connectivity index (χ1) is 42.3. The molecule has 0 unspecified atom stereocenters. The average molecular weight is 1200 g/mol. The highest BCUT2D eigenvalue weighted by Gasteiger charge is 2.26. The number of carbonyl (C=O) groups is 3. The van der Waals surface area contributed by atoms with Crippen LogP contribution in [0.1, 0.15) is 71.3 Å². The second kappa shape index (κ2) is 29.9. The Labute approximate surface area is 499 Å². The van der Waals surface area contributed by atoms with Crippen molar-refractivity contribution in [2.45, 2.75) is 12.8 Å². The van der Waals surface area contributed by atoms with Crippen molar-refractivity contribution < 1.29 is 86.5 Å². The molecule has 0 aliphatic carbocycles. The lowest BCUT2D eigenvalue weighted by atomic mass is 10.0. The summed E-state index contributed by atoms with van der Waals surface area (Å²) >= 11 is 0. The van der Waals surface area contributed by atoms with E-state index in [1.165, 1.54) is 71.1 Å². The van der Waals surface area contributed by atoms with Crippen LogP contribution in [0.3, 0.4) is 0 Å². The number of hydrogen-bond acceptors (Lipinski definition) is 21. The van der Waals surface area contributed by atoms with E-state index in [0.29, 0.717) is 154 Å². The van der Waals surface area contributed by atoms with Gasteiger partial charge in [-0.25, -0.2) is 0 Å². The predicted octanol–water partition coefficient (Wildman–Crippen LogP) is 7.76. The van der Waals surface area contributed by atoms with Crippen LogP contribution >= 0.6 is 0 Å². The summed E-state index contributed by atoms with van der Waals surface area (Å²) < 4.78 is 64.1. The highest BCUT2D eigenvalue weighted by atomic mass is 16.5. The Kier molecular flexibility index (Phi) is 22.0. The fourth-order valence-electron chi connectivity index (χ4n) is 9.47. The number of fused-ring (bicyclic) bond motifs is 3. The summed E-state index contributed by atoms with van der Waals surface area (Å²) in [4.78, 5) is 39.7. The lowest BCUT2D eigenvalue weighted by Gasteiger charge is -2.13. The van der Waals surface area contributed by atoms with Gasteiger partial charge in [0.2, 0.25) is 34.6 Å². The van der Waals surface area contributed by atoms with Crippen LogP contribution in [0, 0.1) is 11.8 Å². The van der Waals surface area contributed by atoms with Gasteiger partial charge in [-0.15, -0.1) is 0 Å². The first-order valence-corrected chi connectivity index (χ1v) is 26.4. The van der Waals surface area contributed by atoms with E-state index in [-0.39, 0.29) is 42.9 Å². The third-order valence-electron chi connectivity index (χ3n) is 13.6. The van der Waals surface area contributed by atoms with Gasteiger partial charge in [0, 0.05) is 50.6 Å². The van der Waals surface area contributed by atoms with Crippen molar-refractivity contribution in [1.29, 1.82) is 0 Å². The molecule has 0 bridgehead atoms. The fraction of sp³-hybridized carbons (Fsp3) is 0.270. The molecule has 0 fully saturated rings. The van der Waals surface area contributed by atoms with E-state index in [9.17, 15) is 19.5 Å². The Morgan fingerprint density at radius 3 is 1.17 bits per heavy atom. The second-order valence-corrected chi connectivity index (χ2v) is 18.2. The molecule has 9 rings (SSSR count). The quantitative estimate of drug-likeness (QED) is 0.0263.